The Morgan fingerprint density at radius 2 is 1.90 bits per heavy atom. The summed E-state index contributed by atoms with van der Waals surface area (Å²) >= 11 is 0. The smallest absolute Gasteiger partial charge is 0.0814 e. The van der Waals surface area contributed by atoms with Crippen LogP contribution in [-0.2, 0) is 7.05 Å². The third-order valence-corrected chi connectivity index (χ3v) is 6.09. The minimum Gasteiger partial charge on any atom is -0.378 e. The van der Waals surface area contributed by atoms with Crippen LogP contribution in [0.25, 0.3) is 16.8 Å². The van der Waals surface area contributed by atoms with E-state index in [2.05, 4.69) is 101 Å². The zero-order chi connectivity index (χ0) is 21.5. The van der Waals surface area contributed by atoms with Gasteiger partial charge < -0.3 is 15.6 Å². The van der Waals surface area contributed by atoms with E-state index in [4.69, 9.17) is 0 Å². The molecule has 3 N–H and O–H groups in total. The number of aryl methyl sites for hydroxylation is 1. The molecular weight excluding hydrogens is 386 g/mol. The summed E-state index contributed by atoms with van der Waals surface area (Å²) in [6.07, 6.45) is 4.97. The molecule has 0 radical (unpaired) electrons. The quantitative estimate of drug-likeness (QED) is 0.604. The van der Waals surface area contributed by atoms with E-state index >= 15 is 0 Å². The number of allylic oxidation sites excluding steroid dienone is 1. The summed E-state index contributed by atoms with van der Waals surface area (Å²) < 4.78 is 1.85. The Balaban J connectivity index is 1.56. The van der Waals surface area contributed by atoms with Crippen LogP contribution >= 0.6 is 0 Å². The van der Waals surface area contributed by atoms with Gasteiger partial charge in [-0.1, -0.05) is 12.1 Å². The molecular formula is C24H29N7. The summed E-state index contributed by atoms with van der Waals surface area (Å²) in [5, 5.41) is 10.4. The lowest BCUT2D eigenvalue weighted by molar-refractivity contribution is 0.281. The van der Waals surface area contributed by atoms with Crippen molar-refractivity contribution in [2.75, 3.05) is 30.9 Å². The molecule has 1 atom stereocenters. The summed E-state index contributed by atoms with van der Waals surface area (Å²) in [5.74, 6) is 0. The largest absolute Gasteiger partial charge is 0.378 e. The Morgan fingerprint density at radius 1 is 1.10 bits per heavy atom. The molecule has 0 saturated carbocycles. The average molecular weight is 416 g/mol. The summed E-state index contributed by atoms with van der Waals surface area (Å²) in [6, 6.07) is 15.6. The molecule has 2 aliphatic rings. The number of nitrogens with zero attached hydrogens (tertiary/aromatic N) is 4. The molecule has 0 bridgehead atoms. The molecule has 0 aliphatic carbocycles. The fourth-order valence-corrected chi connectivity index (χ4v) is 4.42. The normalized spacial score (nSPS) is 17.7. The minimum absolute atomic E-state index is 0.199. The molecule has 5 rings (SSSR count). The molecule has 1 unspecified atom stereocenters. The van der Waals surface area contributed by atoms with Crippen LogP contribution in [0.5, 0.6) is 0 Å². The van der Waals surface area contributed by atoms with Crippen LogP contribution in [0, 0.1) is 0 Å². The molecule has 160 valence electrons. The Morgan fingerprint density at radius 3 is 2.61 bits per heavy atom. The maximum atomic E-state index is 4.36. The number of hydrazine groups is 2. The van der Waals surface area contributed by atoms with Crippen LogP contribution in [0.2, 0.25) is 0 Å². The minimum atomic E-state index is 0.199. The summed E-state index contributed by atoms with van der Waals surface area (Å²) in [5.41, 5.74) is 16.2. The molecule has 7 nitrogen and oxygen atoms in total. The Hall–Kier alpha value is -3.45. The van der Waals surface area contributed by atoms with Crippen LogP contribution in [0.4, 0.5) is 11.4 Å². The third-order valence-electron chi connectivity index (χ3n) is 6.09. The first-order valence-corrected chi connectivity index (χ1v) is 10.7. The predicted molar refractivity (Wildman–Crippen MR) is 126 cm³/mol. The summed E-state index contributed by atoms with van der Waals surface area (Å²) in [4.78, 5) is 2.12. The van der Waals surface area contributed by atoms with Gasteiger partial charge >= 0.3 is 0 Å². The first kappa shape index (κ1) is 19.5. The van der Waals surface area contributed by atoms with E-state index in [0.717, 1.165) is 29.9 Å². The van der Waals surface area contributed by atoms with Gasteiger partial charge in [0.05, 0.1) is 23.6 Å². The maximum absolute atomic E-state index is 4.36. The lowest BCUT2D eigenvalue weighted by Gasteiger charge is -2.22. The van der Waals surface area contributed by atoms with Crippen LogP contribution in [-0.4, -0.2) is 35.4 Å². The molecule has 31 heavy (non-hydrogen) atoms. The van der Waals surface area contributed by atoms with Crippen LogP contribution < -0.4 is 21.2 Å². The highest BCUT2D eigenvalue weighted by molar-refractivity contribution is 5.75. The lowest BCUT2D eigenvalue weighted by atomic mass is 9.93. The first-order valence-electron chi connectivity index (χ1n) is 10.7. The van der Waals surface area contributed by atoms with E-state index in [1.807, 2.05) is 17.9 Å². The van der Waals surface area contributed by atoms with Gasteiger partial charge in [-0.15, -0.1) is 5.53 Å². The molecule has 0 amide bonds. The zero-order valence-corrected chi connectivity index (χ0v) is 18.5. The van der Waals surface area contributed by atoms with Gasteiger partial charge in [0.15, 0.2) is 0 Å². The number of hydrogen-bond acceptors (Lipinski definition) is 6. The topological polar surface area (TPSA) is 60.4 Å². The number of anilines is 2. The van der Waals surface area contributed by atoms with Crippen LogP contribution in [0.1, 0.15) is 30.5 Å². The molecule has 1 aromatic heterocycles. The second-order valence-corrected chi connectivity index (χ2v) is 8.49. The fraction of sp³-hybridized carbons (Fsp3) is 0.292. The van der Waals surface area contributed by atoms with Gasteiger partial charge in [0.1, 0.15) is 0 Å². The SMILES string of the molecule is CC1=C2c3ccc(-c4cnn(C)c4)cc3C(Nc3ccc(N(C)C)cc3)CCN2NN1. The molecule has 3 heterocycles. The number of nitrogens with one attached hydrogen (secondary N) is 3. The second-order valence-electron chi connectivity index (χ2n) is 8.49. The standard InChI is InChI=1S/C24H29N7/c1-16-24-21-10-5-17(18-14-25-30(4)15-18)13-22(21)23(11-12-31(24)28-27-16)26-19-6-8-20(9-7-19)29(2)3/h5-10,13-15,23,26-28H,11-12H2,1-4H3. The highest BCUT2D eigenvalue weighted by atomic mass is 15.7. The molecule has 3 aromatic rings. The van der Waals surface area contributed by atoms with Crippen molar-refractivity contribution in [1.82, 2.24) is 25.7 Å². The molecule has 0 fully saturated rings. The summed E-state index contributed by atoms with van der Waals surface area (Å²) in [6.45, 7) is 3.03. The highest BCUT2D eigenvalue weighted by Crippen LogP contribution is 2.39. The van der Waals surface area contributed by atoms with Crippen molar-refractivity contribution in [3.05, 3.63) is 71.7 Å². The van der Waals surface area contributed by atoms with Crippen molar-refractivity contribution >= 4 is 17.1 Å². The Kier molecular flexibility index (Phi) is 4.82. The first-order chi connectivity index (χ1) is 15.0. The van der Waals surface area contributed by atoms with Gasteiger partial charge in [-0.2, -0.15) is 5.10 Å². The third kappa shape index (κ3) is 3.61. The van der Waals surface area contributed by atoms with E-state index < -0.39 is 0 Å². The molecule has 2 aromatic carbocycles. The van der Waals surface area contributed by atoms with Crippen molar-refractivity contribution in [1.29, 1.82) is 0 Å². The molecule has 7 heteroatoms. The van der Waals surface area contributed by atoms with Gasteiger partial charge in [-0.05, 0) is 54.8 Å². The molecule has 0 saturated heterocycles. The number of hydrogen-bond donors (Lipinski definition) is 3. The van der Waals surface area contributed by atoms with Crippen molar-refractivity contribution in [3.8, 4) is 11.1 Å². The van der Waals surface area contributed by atoms with E-state index in [1.54, 1.807) is 0 Å². The van der Waals surface area contributed by atoms with E-state index in [1.165, 1.54) is 28.1 Å². The second kappa shape index (κ2) is 7.67. The van der Waals surface area contributed by atoms with E-state index in [0.29, 0.717) is 0 Å². The number of aromatic nitrogens is 2. The highest BCUT2D eigenvalue weighted by Gasteiger charge is 2.30. The monoisotopic (exact) mass is 415 g/mol. The van der Waals surface area contributed by atoms with E-state index in [-0.39, 0.29) is 6.04 Å². The lowest BCUT2D eigenvalue weighted by Crippen LogP contribution is -2.37. The van der Waals surface area contributed by atoms with Gasteiger partial charge in [0.2, 0.25) is 0 Å². The number of benzene rings is 2. The van der Waals surface area contributed by atoms with Crippen molar-refractivity contribution in [3.63, 3.8) is 0 Å². The molecule has 0 spiro atoms. The van der Waals surface area contributed by atoms with Crippen LogP contribution in [0.3, 0.4) is 0 Å². The van der Waals surface area contributed by atoms with Gasteiger partial charge in [-0.3, -0.25) is 9.69 Å². The maximum Gasteiger partial charge on any atom is 0.0814 e. The van der Waals surface area contributed by atoms with Gasteiger partial charge in [-0.25, -0.2) is 0 Å². The number of rotatable bonds is 4. The fourth-order valence-electron chi connectivity index (χ4n) is 4.42. The van der Waals surface area contributed by atoms with Crippen molar-refractivity contribution in [2.45, 2.75) is 19.4 Å². The van der Waals surface area contributed by atoms with E-state index in [9.17, 15) is 0 Å². The van der Waals surface area contributed by atoms with Crippen molar-refractivity contribution in [2.24, 2.45) is 7.05 Å². The summed E-state index contributed by atoms with van der Waals surface area (Å²) in [7, 11) is 6.08. The van der Waals surface area contributed by atoms with Gasteiger partial charge in [0, 0.05) is 56.4 Å². The Labute approximate surface area is 183 Å². The predicted octanol–water partition coefficient (Wildman–Crippen LogP) is 3.72. The van der Waals surface area contributed by atoms with Crippen molar-refractivity contribution < 1.29 is 0 Å². The number of fused-ring (bicyclic) bond motifs is 3. The zero-order valence-electron chi connectivity index (χ0n) is 18.5. The van der Waals surface area contributed by atoms with Gasteiger partial charge in [0.25, 0.3) is 0 Å². The Bertz CT molecular complexity index is 1130. The van der Waals surface area contributed by atoms with Crippen LogP contribution in [0.15, 0.2) is 60.6 Å². The average Bonchev–Trinajstić information content (AvgIpc) is 3.32. The molecule has 2 aliphatic heterocycles.